The van der Waals surface area contributed by atoms with E-state index in [1.54, 1.807) is 49.4 Å². The molecule has 1 amide bonds. The Morgan fingerprint density at radius 3 is 2.57 bits per heavy atom. The van der Waals surface area contributed by atoms with Gasteiger partial charge in [0.25, 0.3) is 5.91 Å². The second-order valence-corrected chi connectivity index (χ2v) is 6.19. The molecule has 8 nitrogen and oxygen atoms in total. The Bertz CT molecular complexity index is 953. The minimum Gasteiger partial charge on any atom is -0.507 e. The Hall–Kier alpha value is -3.68. The molecule has 3 N–H and O–H groups in total. The maximum atomic E-state index is 12.2. The smallest absolute Gasteiger partial charge is 0.322 e. The number of hydrogen-bond acceptors (Lipinski definition) is 6. The van der Waals surface area contributed by atoms with Gasteiger partial charge >= 0.3 is 5.97 Å². The number of aliphatic hydroxyl groups is 1. The lowest BCUT2D eigenvalue weighted by Crippen LogP contribution is -2.37. The van der Waals surface area contributed by atoms with Crippen LogP contribution in [-0.2, 0) is 9.59 Å². The molecule has 0 saturated heterocycles. The number of fused-ring (bicyclic) bond motifs is 1. The van der Waals surface area contributed by atoms with Crippen molar-refractivity contribution in [2.24, 2.45) is 0 Å². The molecule has 3 rings (SSSR count). The third kappa shape index (κ3) is 3.85. The quantitative estimate of drug-likeness (QED) is 0.702. The highest BCUT2D eigenvalue weighted by Gasteiger charge is 2.27. The largest absolute Gasteiger partial charge is 0.507 e. The van der Waals surface area contributed by atoms with Gasteiger partial charge in [0, 0.05) is 18.7 Å². The lowest BCUT2D eigenvalue weighted by atomic mass is 10.00. The number of aliphatic carboxylic acids is 1. The summed E-state index contributed by atoms with van der Waals surface area (Å²) in [7, 11) is 3.32. The van der Waals surface area contributed by atoms with E-state index in [4.69, 9.17) is 14.6 Å². The number of anilines is 1. The van der Waals surface area contributed by atoms with E-state index >= 15 is 0 Å². The third-order valence-electron chi connectivity index (χ3n) is 4.29. The van der Waals surface area contributed by atoms with Gasteiger partial charge in [0.1, 0.15) is 18.1 Å². The van der Waals surface area contributed by atoms with Gasteiger partial charge in [-0.25, -0.2) is 0 Å². The fourth-order valence-corrected chi connectivity index (χ4v) is 2.92. The Morgan fingerprint density at radius 1 is 1.18 bits per heavy atom. The molecule has 2 aromatic carbocycles. The van der Waals surface area contributed by atoms with Gasteiger partial charge in [-0.3, -0.25) is 9.59 Å². The average Bonchev–Trinajstić information content (AvgIpc) is 2.69. The Kier molecular flexibility index (Phi) is 5.39. The zero-order chi connectivity index (χ0) is 20.3. The lowest BCUT2D eigenvalue weighted by Gasteiger charge is -2.29. The van der Waals surface area contributed by atoms with Crippen molar-refractivity contribution in [1.82, 2.24) is 5.32 Å². The van der Waals surface area contributed by atoms with Crippen LogP contribution in [0.2, 0.25) is 0 Å². The molecule has 0 atom stereocenters. The van der Waals surface area contributed by atoms with Crippen LogP contribution < -0.4 is 19.7 Å². The van der Waals surface area contributed by atoms with Gasteiger partial charge in [-0.1, -0.05) is 12.1 Å². The van der Waals surface area contributed by atoms with Gasteiger partial charge in [0.05, 0.1) is 24.9 Å². The summed E-state index contributed by atoms with van der Waals surface area (Å²) in [6, 6.07) is 12.3. The van der Waals surface area contributed by atoms with Crippen molar-refractivity contribution >= 4 is 23.3 Å². The van der Waals surface area contributed by atoms with Gasteiger partial charge in [-0.2, -0.15) is 0 Å². The van der Waals surface area contributed by atoms with Crippen LogP contribution in [0, 0.1) is 0 Å². The van der Waals surface area contributed by atoms with Crippen LogP contribution in [0.1, 0.15) is 5.56 Å². The molecule has 1 aliphatic rings. The second kappa shape index (κ2) is 7.91. The molecule has 0 saturated carbocycles. The van der Waals surface area contributed by atoms with Crippen LogP contribution in [0.25, 0.3) is 5.76 Å². The van der Waals surface area contributed by atoms with Crippen molar-refractivity contribution in [2.45, 2.75) is 0 Å². The number of amides is 1. The summed E-state index contributed by atoms with van der Waals surface area (Å²) in [6.45, 7) is -0.389. The molecular formula is C20H20N2O6. The highest BCUT2D eigenvalue weighted by Crippen LogP contribution is 2.38. The summed E-state index contributed by atoms with van der Waals surface area (Å²) in [6.07, 6.45) is 0. The molecule has 1 aliphatic heterocycles. The van der Waals surface area contributed by atoms with E-state index in [2.05, 4.69) is 5.32 Å². The maximum Gasteiger partial charge on any atom is 0.322 e. The number of ether oxygens (including phenoxy) is 2. The molecule has 0 unspecified atom stereocenters. The van der Waals surface area contributed by atoms with E-state index in [-0.39, 0.29) is 17.9 Å². The van der Waals surface area contributed by atoms with Crippen LogP contribution >= 0.6 is 0 Å². The van der Waals surface area contributed by atoms with E-state index in [1.807, 2.05) is 12.1 Å². The normalized spacial score (nSPS) is 13.0. The Labute approximate surface area is 161 Å². The molecule has 2 aromatic rings. The van der Waals surface area contributed by atoms with Crippen molar-refractivity contribution in [3.63, 3.8) is 0 Å². The number of likely N-dealkylation sites (N-methyl/N-ethyl adjacent to an activating group) is 1. The number of carboxylic acid groups (broad SMARTS) is 1. The number of para-hydroxylation sites is 2. The summed E-state index contributed by atoms with van der Waals surface area (Å²) in [5.74, 6) is -0.269. The number of nitrogens with zero attached hydrogens (tertiary/aromatic N) is 1. The summed E-state index contributed by atoms with van der Waals surface area (Å²) in [5.41, 5.74) is 1.25. The number of aliphatic hydroxyl groups excluding tert-OH is 1. The summed E-state index contributed by atoms with van der Waals surface area (Å²) in [4.78, 5) is 24.6. The van der Waals surface area contributed by atoms with Gasteiger partial charge < -0.3 is 29.9 Å². The van der Waals surface area contributed by atoms with Crippen LogP contribution in [0.15, 0.2) is 48.0 Å². The first-order valence-electron chi connectivity index (χ1n) is 8.49. The van der Waals surface area contributed by atoms with E-state index in [1.165, 1.54) is 0 Å². The average molecular weight is 384 g/mol. The zero-order valence-corrected chi connectivity index (χ0v) is 15.4. The first-order chi connectivity index (χ1) is 13.4. The van der Waals surface area contributed by atoms with Crippen LogP contribution in [0.3, 0.4) is 0 Å². The predicted octanol–water partition coefficient (Wildman–Crippen LogP) is 2.41. The number of benzene rings is 2. The first kappa shape index (κ1) is 19.1. The minimum absolute atomic E-state index is 0.106. The zero-order valence-electron chi connectivity index (χ0n) is 15.4. The van der Waals surface area contributed by atoms with E-state index in [9.17, 15) is 14.7 Å². The number of methoxy groups -OCH3 is 1. The fourth-order valence-electron chi connectivity index (χ4n) is 2.92. The van der Waals surface area contributed by atoms with Crippen molar-refractivity contribution in [3.05, 3.63) is 53.6 Å². The van der Waals surface area contributed by atoms with Gasteiger partial charge in [-0.15, -0.1) is 0 Å². The molecule has 0 aromatic heterocycles. The highest BCUT2D eigenvalue weighted by molar-refractivity contribution is 6.04. The minimum atomic E-state index is -1.16. The predicted molar refractivity (Wildman–Crippen MR) is 103 cm³/mol. The lowest BCUT2D eigenvalue weighted by molar-refractivity contribution is -0.137. The molecule has 0 fully saturated rings. The fraction of sp³-hybridized carbons (Fsp3) is 0.200. The van der Waals surface area contributed by atoms with Crippen LogP contribution in [-0.4, -0.2) is 49.3 Å². The molecule has 146 valence electrons. The molecular weight excluding hydrogens is 364 g/mol. The molecule has 0 bridgehead atoms. The summed E-state index contributed by atoms with van der Waals surface area (Å²) in [5, 5.41) is 21.5. The van der Waals surface area contributed by atoms with E-state index in [0.717, 1.165) is 0 Å². The van der Waals surface area contributed by atoms with E-state index < -0.39 is 18.4 Å². The van der Waals surface area contributed by atoms with Gasteiger partial charge in [0.15, 0.2) is 11.5 Å². The Morgan fingerprint density at radius 2 is 1.89 bits per heavy atom. The van der Waals surface area contributed by atoms with Gasteiger partial charge in [-0.05, 0) is 24.3 Å². The number of rotatable bonds is 6. The standard InChI is InChI=1S/C20H20N2O6/c1-22-11-14(20(26)21-10-18(23)24)19(25)13-8-7-12(9-15(13)22)28-17-6-4-3-5-16(17)27-2/h3-9,25H,10-11H2,1-2H3,(H,21,26)(H,23,24). The molecule has 0 radical (unpaired) electrons. The number of carbonyl (C=O) groups excluding carboxylic acids is 1. The monoisotopic (exact) mass is 384 g/mol. The molecule has 0 spiro atoms. The van der Waals surface area contributed by atoms with Crippen LogP contribution in [0.5, 0.6) is 17.2 Å². The van der Waals surface area contributed by atoms with E-state index in [0.29, 0.717) is 28.5 Å². The number of nitrogens with one attached hydrogen (secondary N) is 1. The molecule has 0 aliphatic carbocycles. The number of hydrogen-bond donors (Lipinski definition) is 3. The Balaban J connectivity index is 1.89. The molecule has 28 heavy (non-hydrogen) atoms. The van der Waals surface area contributed by atoms with Crippen LogP contribution in [0.4, 0.5) is 5.69 Å². The molecule has 1 heterocycles. The van der Waals surface area contributed by atoms with Crippen molar-refractivity contribution in [3.8, 4) is 17.2 Å². The van der Waals surface area contributed by atoms with Crippen molar-refractivity contribution in [2.75, 3.05) is 32.1 Å². The second-order valence-electron chi connectivity index (χ2n) is 6.19. The summed E-state index contributed by atoms with van der Waals surface area (Å²) < 4.78 is 11.2. The number of carboxylic acids is 1. The van der Waals surface area contributed by atoms with Crippen molar-refractivity contribution in [1.29, 1.82) is 0 Å². The highest BCUT2D eigenvalue weighted by atomic mass is 16.5. The van der Waals surface area contributed by atoms with Gasteiger partial charge in [0.2, 0.25) is 0 Å². The summed E-state index contributed by atoms with van der Waals surface area (Å²) >= 11 is 0. The third-order valence-corrected chi connectivity index (χ3v) is 4.29. The van der Waals surface area contributed by atoms with Crippen molar-refractivity contribution < 1.29 is 29.3 Å². The molecule has 8 heteroatoms. The number of carbonyl (C=O) groups is 2. The first-order valence-corrected chi connectivity index (χ1v) is 8.49. The SMILES string of the molecule is COc1ccccc1Oc1ccc2c(c1)N(C)CC(C(=O)NCC(=O)O)=C2O. The topological polar surface area (TPSA) is 108 Å². The maximum absolute atomic E-state index is 12.2.